The first-order chi connectivity index (χ1) is 19.7. The lowest BCUT2D eigenvalue weighted by molar-refractivity contribution is -0.115. The van der Waals surface area contributed by atoms with Gasteiger partial charge in [0, 0.05) is 31.0 Å². The van der Waals surface area contributed by atoms with Gasteiger partial charge in [0.25, 0.3) is 11.8 Å². The van der Waals surface area contributed by atoms with Gasteiger partial charge in [-0.25, -0.2) is 4.39 Å². The van der Waals surface area contributed by atoms with E-state index in [9.17, 15) is 18.8 Å². The molecule has 0 fully saturated rings. The molecule has 0 aliphatic rings. The molecule has 0 spiro atoms. The summed E-state index contributed by atoms with van der Waals surface area (Å²) in [6, 6.07) is 26.9. The average molecular weight is 700 g/mol. The summed E-state index contributed by atoms with van der Waals surface area (Å²) in [6.07, 6.45) is 1.20. The largest absolute Gasteiger partial charge is 0.325 e. The van der Waals surface area contributed by atoms with Gasteiger partial charge in [0.05, 0.1) is 10.3 Å². The van der Waals surface area contributed by atoms with Crippen LogP contribution in [0.1, 0.15) is 22.8 Å². The van der Waals surface area contributed by atoms with Crippen LogP contribution in [0.3, 0.4) is 0 Å². The fraction of sp³-hybridized carbons (Fsp3) is 0.0645. The maximum atomic E-state index is 14.5. The zero-order valence-electron chi connectivity index (χ0n) is 21.7. The standard InChI is InChI=1S/C31H24ClFIN3O3S/c1-19(29(38)35-22-15-13-21(34)14-16-22)41-24-10-5-9-23(17-24)36-31(40)28(18-25-26(32)11-6-12-27(25)33)37-30(39)20-7-3-2-4-8-20/h2-19H,1H3,(H,35,38)(H,36,40)(H,37,39)/b28-18+. The quantitative estimate of drug-likeness (QED) is 0.0954. The second-order valence-corrected chi connectivity index (χ2v) is 11.8. The molecule has 0 bridgehead atoms. The molecule has 0 aliphatic carbocycles. The first-order valence-electron chi connectivity index (χ1n) is 12.4. The van der Waals surface area contributed by atoms with Crippen LogP contribution < -0.4 is 16.0 Å². The summed E-state index contributed by atoms with van der Waals surface area (Å²) in [7, 11) is 0. The van der Waals surface area contributed by atoms with E-state index in [-0.39, 0.29) is 22.2 Å². The van der Waals surface area contributed by atoms with E-state index in [1.165, 1.54) is 36.0 Å². The zero-order valence-corrected chi connectivity index (χ0v) is 25.4. The van der Waals surface area contributed by atoms with Crippen molar-refractivity contribution in [3.63, 3.8) is 0 Å². The number of nitrogens with one attached hydrogen (secondary N) is 3. The number of rotatable bonds is 9. The third-order valence-corrected chi connectivity index (χ3v) is 7.85. The van der Waals surface area contributed by atoms with Gasteiger partial charge in [-0.3, -0.25) is 14.4 Å². The monoisotopic (exact) mass is 699 g/mol. The maximum Gasteiger partial charge on any atom is 0.272 e. The number of benzene rings is 4. The molecule has 4 aromatic rings. The molecule has 0 saturated heterocycles. The molecule has 10 heteroatoms. The van der Waals surface area contributed by atoms with Gasteiger partial charge >= 0.3 is 0 Å². The Hall–Kier alpha value is -3.67. The molecule has 0 heterocycles. The summed E-state index contributed by atoms with van der Waals surface area (Å²) in [5.74, 6) is -2.04. The Morgan fingerprint density at radius 1 is 0.878 bits per heavy atom. The summed E-state index contributed by atoms with van der Waals surface area (Å²) in [4.78, 5) is 39.7. The van der Waals surface area contributed by atoms with Crippen molar-refractivity contribution in [3.05, 3.63) is 128 Å². The Labute approximate surface area is 259 Å². The van der Waals surface area contributed by atoms with Crippen molar-refractivity contribution in [2.45, 2.75) is 17.1 Å². The van der Waals surface area contributed by atoms with Crippen LogP contribution in [0.25, 0.3) is 6.08 Å². The second-order valence-electron chi connectivity index (χ2n) is 8.75. The fourth-order valence-electron chi connectivity index (χ4n) is 3.62. The van der Waals surface area contributed by atoms with Crippen LogP contribution in [-0.4, -0.2) is 23.0 Å². The summed E-state index contributed by atoms with van der Waals surface area (Å²) in [5, 5.41) is 7.86. The van der Waals surface area contributed by atoms with Crippen molar-refractivity contribution in [1.82, 2.24) is 5.32 Å². The number of carbonyl (C=O) groups excluding carboxylic acids is 3. The fourth-order valence-corrected chi connectivity index (χ4v) is 5.12. The number of hydrogen-bond acceptors (Lipinski definition) is 4. The van der Waals surface area contributed by atoms with Crippen LogP contribution in [0, 0.1) is 9.39 Å². The Morgan fingerprint density at radius 2 is 1.59 bits per heavy atom. The number of anilines is 2. The van der Waals surface area contributed by atoms with Crippen molar-refractivity contribution in [2.24, 2.45) is 0 Å². The number of hydrogen-bond donors (Lipinski definition) is 3. The molecule has 0 aliphatic heterocycles. The molecule has 4 rings (SSSR count). The normalized spacial score (nSPS) is 11.9. The summed E-state index contributed by atoms with van der Waals surface area (Å²) in [6.45, 7) is 1.79. The van der Waals surface area contributed by atoms with Crippen LogP contribution in [0.15, 0.2) is 108 Å². The number of amides is 3. The molecule has 1 atom stereocenters. The predicted octanol–water partition coefficient (Wildman–Crippen LogP) is 7.61. The molecule has 0 saturated carbocycles. The summed E-state index contributed by atoms with van der Waals surface area (Å²) >= 11 is 9.70. The molecular weight excluding hydrogens is 676 g/mol. The van der Waals surface area contributed by atoms with Crippen molar-refractivity contribution in [1.29, 1.82) is 0 Å². The highest BCUT2D eigenvalue weighted by Crippen LogP contribution is 2.27. The Balaban J connectivity index is 1.51. The summed E-state index contributed by atoms with van der Waals surface area (Å²) in [5.41, 5.74) is 1.21. The van der Waals surface area contributed by atoms with Crippen molar-refractivity contribution in [2.75, 3.05) is 10.6 Å². The van der Waals surface area contributed by atoms with E-state index >= 15 is 0 Å². The zero-order chi connectivity index (χ0) is 29.4. The molecular formula is C31H24ClFIN3O3S. The van der Waals surface area contributed by atoms with Gasteiger partial charge in [-0.05, 0) is 102 Å². The van der Waals surface area contributed by atoms with E-state index in [0.29, 0.717) is 16.9 Å². The third-order valence-electron chi connectivity index (χ3n) is 5.70. The molecule has 0 radical (unpaired) electrons. The second kappa shape index (κ2) is 14.3. The van der Waals surface area contributed by atoms with E-state index in [2.05, 4.69) is 38.5 Å². The van der Waals surface area contributed by atoms with Gasteiger partial charge in [0.2, 0.25) is 5.91 Å². The van der Waals surface area contributed by atoms with Crippen LogP contribution >= 0.6 is 46.0 Å². The van der Waals surface area contributed by atoms with Crippen LogP contribution in [0.2, 0.25) is 5.02 Å². The van der Waals surface area contributed by atoms with Crippen LogP contribution in [0.4, 0.5) is 15.8 Å². The highest BCUT2D eigenvalue weighted by Gasteiger charge is 2.18. The van der Waals surface area contributed by atoms with Gasteiger partial charge in [0.1, 0.15) is 11.5 Å². The summed E-state index contributed by atoms with van der Waals surface area (Å²) < 4.78 is 15.6. The van der Waals surface area contributed by atoms with Crippen molar-refractivity contribution >= 4 is 81.1 Å². The molecule has 6 nitrogen and oxygen atoms in total. The van der Waals surface area contributed by atoms with E-state index in [0.717, 1.165) is 8.47 Å². The van der Waals surface area contributed by atoms with E-state index < -0.39 is 22.9 Å². The third kappa shape index (κ3) is 8.66. The minimum absolute atomic E-state index is 0.0371. The number of halogens is 3. The van der Waals surface area contributed by atoms with Gasteiger partial charge in [-0.1, -0.05) is 41.9 Å². The Bertz CT molecular complexity index is 1580. The number of thioether (sulfide) groups is 1. The van der Waals surface area contributed by atoms with E-state index in [1.807, 2.05) is 30.3 Å². The lowest BCUT2D eigenvalue weighted by Crippen LogP contribution is -2.30. The molecule has 0 aromatic heterocycles. The van der Waals surface area contributed by atoms with Crippen molar-refractivity contribution in [3.8, 4) is 0 Å². The minimum Gasteiger partial charge on any atom is -0.325 e. The molecule has 1 unspecified atom stereocenters. The first-order valence-corrected chi connectivity index (χ1v) is 14.7. The Kier molecular flexibility index (Phi) is 10.6. The minimum atomic E-state index is -0.680. The molecule has 208 valence electrons. The van der Waals surface area contributed by atoms with Gasteiger partial charge in [-0.2, -0.15) is 0 Å². The number of carbonyl (C=O) groups is 3. The lowest BCUT2D eigenvalue weighted by atomic mass is 10.1. The highest BCUT2D eigenvalue weighted by molar-refractivity contribution is 14.1. The molecule has 3 amide bonds. The van der Waals surface area contributed by atoms with Gasteiger partial charge in [-0.15, -0.1) is 11.8 Å². The van der Waals surface area contributed by atoms with Crippen LogP contribution in [-0.2, 0) is 9.59 Å². The van der Waals surface area contributed by atoms with Crippen molar-refractivity contribution < 1.29 is 18.8 Å². The predicted molar refractivity (Wildman–Crippen MR) is 171 cm³/mol. The van der Waals surface area contributed by atoms with Gasteiger partial charge in [0.15, 0.2) is 0 Å². The molecule has 4 aromatic carbocycles. The maximum absolute atomic E-state index is 14.5. The highest BCUT2D eigenvalue weighted by atomic mass is 127. The van der Waals surface area contributed by atoms with Crippen LogP contribution in [0.5, 0.6) is 0 Å². The topological polar surface area (TPSA) is 87.3 Å². The molecule has 41 heavy (non-hydrogen) atoms. The Morgan fingerprint density at radius 3 is 2.29 bits per heavy atom. The first kappa shape index (κ1) is 30.3. The molecule has 3 N–H and O–H groups in total. The SMILES string of the molecule is CC(Sc1cccc(NC(=O)/C(=C\c2c(F)cccc2Cl)NC(=O)c2ccccc2)c1)C(=O)Nc1ccc(I)cc1. The average Bonchev–Trinajstić information content (AvgIpc) is 2.96. The van der Waals surface area contributed by atoms with E-state index in [1.54, 1.807) is 55.5 Å². The lowest BCUT2D eigenvalue weighted by Gasteiger charge is -2.14. The smallest absolute Gasteiger partial charge is 0.272 e. The van der Waals surface area contributed by atoms with Gasteiger partial charge < -0.3 is 16.0 Å². The van der Waals surface area contributed by atoms with E-state index in [4.69, 9.17) is 11.6 Å².